The number of benzene rings is 1. The molecule has 10 heteroatoms. The van der Waals surface area contributed by atoms with Crippen LogP contribution in [0.4, 0.5) is 4.39 Å². The van der Waals surface area contributed by atoms with Crippen LogP contribution in [0.15, 0.2) is 29.0 Å². The van der Waals surface area contributed by atoms with Crippen molar-refractivity contribution in [1.29, 1.82) is 0 Å². The van der Waals surface area contributed by atoms with E-state index in [9.17, 15) is 9.41 Å². The van der Waals surface area contributed by atoms with Crippen molar-refractivity contribution in [3.63, 3.8) is 0 Å². The van der Waals surface area contributed by atoms with Crippen molar-refractivity contribution in [2.24, 2.45) is 13.0 Å². The van der Waals surface area contributed by atoms with Gasteiger partial charge in [-0.3, -0.25) is 9.36 Å². The summed E-state index contributed by atoms with van der Waals surface area (Å²) in [5.41, 5.74) is 5.07. The number of halogens is 3. The molecule has 1 fully saturated rings. The maximum atomic E-state index is 12.7. The summed E-state index contributed by atoms with van der Waals surface area (Å²) >= 11 is 6.01. The number of aryl methyl sites for hydroxylation is 2. The summed E-state index contributed by atoms with van der Waals surface area (Å²) in [5.74, 6) is 0.542. The summed E-state index contributed by atoms with van der Waals surface area (Å²) in [5, 5.41) is 18.4. The fourth-order valence-corrected chi connectivity index (χ4v) is 5.06. The van der Waals surface area contributed by atoms with Gasteiger partial charge >= 0.3 is 7.12 Å². The molecule has 5 rings (SSSR count). The Morgan fingerprint density at radius 3 is 2.74 bits per heavy atom. The summed E-state index contributed by atoms with van der Waals surface area (Å²) in [4.78, 5) is 0. The molecule has 3 aromatic rings. The van der Waals surface area contributed by atoms with Crippen molar-refractivity contribution in [2.45, 2.75) is 45.8 Å². The van der Waals surface area contributed by atoms with Crippen molar-refractivity contribution in [2.75, 3.05) is 0 Å². The zero-order valence-electron chi connectivity index (χ0n) is 17.6. The first-order chi connectivity index (χ1) is 14.7. The van der Waals surface area contributed by atoms with Gasteiger partial charge in [0.2, 0.25) is 0 Å². The highest BCUT2D eigenvalue weighted by Gasteiger charge is 2.32. The van der Waals surface area contributed by atoms with Gasteiger partial charge in [-0.15, -0.1) is 0 Å². The van der Waals surface area contributed by atoms with Crippen LogP contribution < -0.4 is 5.46 Å². The summed E-state index contributed by atoms with van der Waals surface area (Å²) < 4.78 is 24.0. The lowest BCUT2D eigenvalue weighted by atomic mass is 9.79. The minimum atomic E-state index is -0.893. The van der Waals surface area contributed by atoms with Crippen molar-refractivity contribution in [1.82, 2.24) is 19.6 Å². The second-order valence-corrected chi connectivity index (χ2v) is 9.95. The largest absolute Gasteiger partial charge is 0.491 e. The third-order valence-electron chi connectivity index (χ3n) is 5.62. The summed E-state index contributed by atoms with van der Waals surface area (Å²) in [6, 6.07) is 4.28. The molecule has 1 saturated carbocycles. The Hall–Kier alpha value is -1.24. The molecule has 0 amide bonds. The van der Waals surface area contributed by atoms with Crippen LogP contribution in [0.25, 0.3) is 0 Å². The van der Waals surface area contributed by atoms with Gasteiger partial charge in [0, 0.05) is 37.3 Å². The van der Waals surface area contributed by atoms with Crippen molar-refractivity contribution in [3.8, 4) is 0 Å². The fourth-order valence-electron chi connectivity index (χ4n) is 3.74. The van der Waals surface area contributed by atoms with Gasteiger partial charge in [-0.25, -0.2) is 4.39 Å². The number of nitrogens with zero attached hydrogens (tertiary/aromatic N) is 4. The summed E-state index contributed by atoms with van der Waals surface area (Å²) in [6.07, 6.45) is 5.46. The minimum absolute atomic E-state index is 0.217. The Kier molecular flexibility index (Phi) is 6.90. The average molecular weight is 601 g/mol. The molecule has 0 bridgehead atoms. The number of hydrogen-bond donors (Lipinski definition) is 1. The molecule has 164 valence electrons. The van der Waals surface area contributed by atoms with E-state index in [0.29, 0.717) is 5.46 Å². The normalized spacial score (nSPS) is 17.5. The molecule has 1 atom stereocenters. The molecule has 0 unspecified atom stereocenters. The molecule has 2 aromatic heterocycles. The van der Waals surface area contributed by atoms with Crippen molar-refractivity contribution < 1.29 is 14.1 Å². The van der Waals surface area contributed by atoms with Gasteiger partial charge in [-0.05, 0) is 94.3 Å². The first kappa shape index (κ1) is 22.9. The Labute approximate surface area is 203 Å². The summed E-state index contributed by atoms with van der Waals surface area (Å²) in [7, 11) is 1.07. The molecule has 1 aromatic carbocycles. The minimum Gasteiger partial charge on any atom is -0.423 e. The Balaban J connectivity index is 0.000000166. The van der Waals surface area contributed by atoms with Crippen LogP contribution in [0.3, 0.4) is 0 Å². The van der Waals surface area contributed by atoms with Gasteiger partial charge in [0.25, 0.3) is 0 Å². The molecule has 0 spiro atoms. The van der Waals surface area contributed by atoms with E-state index in [-0.39, 0.29) is 11.9 Å². The third kappa shape index (κ3) is 5.23. The molecule has 1 aliphatic carbocycles. The molecule has 3 heterocycles. The Morgan fingerprint density at radius 1 is 1.35 bits per heavy atom. The van der Waals surface area contributed by atoms with E-state index in [1.54, 1.807) is 13.0 Å². The van der Waals surface area contributed by atoms with Crippen LogP contribution in [-0.4, -0.2) is 31.7 Å². The first-order valence-corrected chi connectivity index (χ1v) is 12.1. The lowest BCUT2D eigenvalue weighted by Crippen LogP contribution is -2.27. The molecule has 31 heavy (non-hydrogen) atoms. The second kappa shape index (κ2) is 9.32. The van der Waals surface area contributed by atoms with E-state index in [2.05, 4.69) is 66.5 Å². The van der Waals surface area contributed by atoms with Crippen LogP contribution >= 0.6 is 38.5 Å². The number of fused-ring (bicyclic) bond motifs is 1. The van der Waals surface area contributed by atoms with E-state index < -0.39 is 7.12 Å². The maximum Gasteiger partial charge on any atom is 0.491 e. The average Bonchev–Trinajstić information content (AvgIpc) is 3.34. The lowest BCUT2D eigenvalue weighted by Gasteiger charge is -2.02. The van der Waals surface area contributed by atoms with Crippen molar-refractivity contribution >= 4 is 51.1 Å². The first-order valence-electron chi connectivity index (χ1n) is 10.3. The fraction of sp³-hybridized carbons (Fsp3) is 0.429. The van der Waals surface area contributed by atoms with Gasteiger partial charge in [-0.1, -0.05) is 6.07 Å². The Morgan fingerprint density at radius 2 is 2.10 bits per heavy atom. The van der Waals surface area contributed by atoms with Gasteiger partial charge in [-0.2, -0.15) is 10.2 Å². The number of aromatic nitrogens is 4. The zero-order valence-corrected chi connectivity index (χ0v) is 21.4. The summed E-state index contributed by atoms with van der Waals surface area (Å²) in [6.45, 7) is 4.92. The molecule has 6 nitrogen and oxygen atoms in total. The van der Waals surface area contributed by atoms with E-state index in [4.69, 9.17) is 4.65 Å². The molecule has 1 aliphatic heterocycles. The molecule has 2 aliphatic rings. The maximum absolute atomic E-state index is 12.7. The van der Waals surface area contributed by atoms with Gasteiger partial charge in [0.15, 0.2) is 0 Å². The van der Waals surface area contributed by atoms with Crippen LogP contribution in [0.5, 0.6) is 0 Å². The highest BCUT2D eigenvalue weighted by atomic mass is 127. The van der Waals surface area contributed by atoms with E-state index >= 15 is 0 Å². The monoisotopic (exact) mass is 600 g/mol. The Bertz CT molecular complexity index is 1100. The number of hydrogen-bond acceptors (Lipinski definition) is 4. The standard InChI is InChI=1S/C13H16BrIN4.C8H8BFO2/c1-8-11(5-10-7-18(2)17-13(10)15)12(14)19(16-8)6-9-3-4-9;1-5-7-4-6(10)2-3-8(7)9(11)12-5/h7,9H,3-6H2,1-2H3;2-5,11H,1H3/t;5-/m.1/s1. The van der Waals surface area contributed by atoms with Gasteiger partial charge in [0.05, 0.1) is 11.8 Å². The lowest BCUT2D eigenvalue weighted by molar-refractivity contribution is 0.208. The predicted octanol–water partition coefficient (Wildman–Crippen LogP) is 3.90. The molecular formula is C21H24BBrFIN4O2. The van der Waals surface area contributed by atoms with Crippen LogP contribution in [0.2, 0.25) is 0 Å². The third-order valence-corrected chi connectivity index (χ3v) is 7.41. The number of rotatable bonds is 4. The highest BCUT2D eigenvalue weighted by Crippen LogP contribution is 2.33. The smallest absolute Gasteiger partial charge is 0.423 e. The quantitative estimate of drug-likeness (QED) is 0.365. The van der Waals surface area contributed by atoms with Crippen LogP contribution in [0.1, 0.15) is 48.3 Å². The van der Waals surface area contributed by atoms with Crippen LogP contribution in [0, 0.1) is 22.4 Å². The van der Waals surface area contributed by atoms with Crippen molar-refractivity contribution in [3.05, 3.63) is 60.9 Å². The van der Waals surface area contributed by atoms with Gasteiger partial charge < -0.3 is 9.68 Å². The topological polar surface area (TPSA) is 65.1 Å². The predicted molar refractivity (Wildman–Crippen MR) is 130 cm³/mol. The highest BCUT2D eigenvalue weighted by molar-refractivity contribution is 14.1. The molecule has 0 saturated heterocycles. The molecule has 1 N–H and O–H groups in total. The van der Waals surface area contributed by atoms with E-state index in [1.165, 1.54) is 36.1 Å². The SMILES string of the molecule is C[C@H]1OB(O)c2ccc(F)cc21.Cc1nn(CC2CC2)c(Br)c1Cc1cn(C)nc1I. The van der Waals surface area contributed by atoms with E-state index in [0.717, 1.165) is 38.4 Å². The zero-order chi connectivity index (χ0) is 22.3. The van der Waals surface area contributed by atoms with Crippen LogP contribution in [-0.2, 0) is 24.7 Å². The molecule has 0 radical (unpaired) electrons. The molecular weight excluding hydrogens is 577 g/mol. The van der Waals surface area contributed by atoms with E-state index in [1.807, 2.05) is 11.7 Å². The second-order valence-electron chi connectivity index (χ2n) is 8.18. The van der Waals surface area contributed by atoms with Gasteiger partial charge in [0.1, 0.15) is 14.1 Å².